The lowest BCUT2D eigenvalue weighted by atomic mass is 10.0. The van der Waals surface area contributed by atoms with E-state index in [1.165, 1.54) is 45.5 Å². The maximum atomic E-state index is 13.2. The zero-order valence-electron chi connectivity index (χ0n) is 19.4. The SMILES string of the molecule is CCn1c(=NC(=O)c2ccc(S(=O)(=O)N3CCc4ccccc4C3)cc2)sc2cc(Cl)cc(C)c21. The Morgan fingerprint density at radius 3 is 2.51 bits per heavy atom. The third kappa shape index (κ3) is 4.47. The van der Waals surface area contributed by atoms with Crippen molar-refractivity contribution in [3.63, 3.8) is 0 Å². The summed E-state index contributed by atoms with van der Waals surface area (Å²) < 4.78 is 30.9. The fourth-order valence-electron chi connectivity index (χ4n) is 4.50. The van der Waals surface area contributed by atoms with Gasteiger partial charge in [-0.15, -0.1) is 0 Å². The molecule has 2 heterocycles. The molecular formula is C26H24ClN3O3S2. The van der Waals surface area contributed by atoms with Crippen molar-refractivity contribution in [1.82, 2.24) is 8.87 Å². The number of benzene rings is 3. The highest BCUT2D eigenvalue weighted by Gasteiger charge is 2.28. The molecule has 6 nitrogen and oxygen atoms in total. The van der Waals surface area contributed by atoms with Crippen molar-refractivity contribution in [2.75, 3.05) is 6.54 Å². The zero-order valence-corrected chi connectivity index (χ0v) is 21.8. The van der Waals surface area contributed by atoms with E-state index in [4.69, 9.17) is 11.6 Å². The molecule has 0 aliphatic carbocycles. The molecule has 1 aliphatic heterocycles. The van der Waals surface area contributed by atoms with Crippen molar-refractivity contribution < 1.29 is 13.2 Å². The topological polar surface area (TPSA) is 71.7 Å². The number of carbonyl (C=O) groups excluding carboxylic acids is 1. The van der Waals surface area contributed by atoms with Gasteiger partial charge in [-0.3, -0.25) is 4.79 Å². The van der Waals surface area contributed by atoms with Crippen LogP contribution in [-0.2, 0) is 29.5 Å². The van der Waals surface area contributed by atoms with Crippen LogP contribution in [0.3, 0.4) is 0 Å². The number of carbonyl (C=O) groups is 1. The van der Waals surface area contributed by atoms with Gasteiger partial charge in [-0.2, -0.15) is 9.30 Å². The smallest absolute Gasteiger partial charge is 0.279 e. The molecular weight excluding hydrogens is 502 g/mol. The predicted octanol–water partition coefficient (Wildman–Crippen LogP) is 5.17. The Kier molecular flexibility index (Phi) is 6.40. The summed E-state index contributed by atoms with van der Waals surface area (Å²) in [6.07, 6.45) is 0.683. The third-order valence-electron chi connectivity index (χ3n) is 6.28. The molecule has 0 saturated heterocycles. The van der Waals surface area contributed by atoms with Gasteiger partial charge in [-0.1, -0.05) is 47.2 Å². The number of sulfonamides is 1. The number of hydrogen-bond acceptors (Lipinski definition) is 4. The van der Waals surface area contributed by atoms with Crippen LogP contribution in [0.15, 0.2) is 70.6 Å². The van der Waals surface area contributed by atoms with Crippen LogP contribution in [0, 0.1) is 6.92 Å². The Bertz CT molecular complexity index is 1620. The number of halogens is 1. The van der Waals surface area contributed by atoms with Gasteiger partial charge < -0.3 is 4.57 Å². The van der Waals surface area contributed by atoms with Crippen LogP contribution in [0.2, 0.25) is 5.02 Å². The van der Waals surface area contributed by atoms with Crippen LogP contribution in [0.25, 0.3) is 10.2 Å². The summed E-state index contributed by atoms with van der Waals surface area (Å²) in [6.45, 7) is 5.43. The van der Waals surface area contributed by atoms with Crippen LogP contribution in [0.4, 0.5) is 0 Å². The van der Waals surface area contributed by atoms with Crippen molar-refractivity contribution in [3.8, 4) is 0 Å². The Morgan fingerprint density at radius 1 is 1.09 bits per heavy atom. The van der Waals surface area contributed by atoms with E-state index in [0.717, 1.165) is 21.3 Å². The first-order chi connectivity index (χ1) is 16.8. The summed E-state index contributed by atoms with van der Waals surface area (Å²) in [7, 11) is -3.67. The second-order valence-electron chi connectivity index (χ2n) is 8.50. The quantitative estimate of drug-likeness (QED) is 0.369. The largest absolute Gasteiger partial charge is 0.316 e. The molecule has 4 aromatic rings. The molecule has 1 amide bonds. The minimum absolute atomic E-state index is 0.171. The fourth-order valence-corrected chi connectivity index (χ4v) is 7.46. The monoisotopic (exact) mass is 525 g/mol. The molecule has 0 fully saturated rings. The molecule has 9 heteroatoms. The number of nitrogens with zero attached hydrogens (tertiary/aromatic N) is 3. The number of aromatic nitrogens is 1. The van der Waals surface area contributed by atoms with E-state index in [1.54, 1.807) is 0 Å². The van der Waals surface area contributed by atoms with Crippen molar-refractivity contribution in [2.45, 2.75) is 38.3 Å². The summed E-state index contributed by atoms with van der Waals surface area (Å²) in [6, 6.07) is 17.7. The van der Waals surface area contributed by atoms with E-state index in [2.05, 4.69) is 4.99 Å². The van der Waals surface area contributed by atoms with Gasteiger partial charge in [0.2, 0.25) is 10.0 Å². The van der Waals surface area contributed by atoms with Gasteiger partial charge in [0.15, 0.2) is 4.80 Å². The first-order valence-electron chi connectivity index (χ1n) is 11.3. The second kappa shape index (κ2) is 9.35. The molecule has 0 N–H and O–H groups in total. The van der Waals surface area contributed by atoms with Crippen molar-refractivity contribution in [2.24, 2.45) is 4.99 Å². The van der Waals surface area contributed by atoms with Gasteiger partial charge in [0.25, 0.3) is 5.91 Å². The summed E-state index contributed by atoms with van der Waals surface area (Å²) in [4.78, 5) is 18.1. The van der Waals surface area contributed by atoms with E-state index in [-0.39, 0.29) is 4.90 Å². The second-order valence-corrected chi connectivity index (χ2v) is 11.9. The van der Waals surface area contributed by atoms with Gasteiger partial charge in [-0.25, -0.2) is 8.42 Å². The number of rotatable bonds is 4. The fraction of sp³-hybridized carbons (Fsp3) is 0.231. The molecule has 3 aromatic carbocycles. The summed E-state index contributed by atoms with van der Waals surface area (Å²) >= 11 is 7.62. The third-order valence-corrected chi connectivity index (χ3v) is 9.38. The maximum Gasteiger partial charge on any atom is 0.279 e. The molecule has 1 aliphatic rings. The minimum atomic E-state index is -3.67. The molecule has 5 rings (SSSR count). The molecule has 35 heavy (non-hydrogen) atoms. The van der Waals surface area contributed by atoms with Gasteiger partial charge in [-0.05, 0) is 73.4 Å². The molecule has 1 aromatic heterocycles. The molecule has 0 atom stereocenters. The van der Waals surface area contributed by atoms with Crippen molar-refractivity contribution in [3.05, 3.63) is 92.7 Å². The highest BCUT2D eigenvalue weighted by atomic mass is 35.5. The molecule has 0 bridgehead atoms. The summed E-state index contributed by atoms with van der Waals surface area (Å²) in [5, 5.41) is 0.645. The number of hydrogen-bond donors (Lipinski definition) is 0. The number of aryl methyl sites for hydroxylation is 2. The Hall–Kier alpha value is -2.78. The first-order valence-corrected chi connectivity index (χ1v) is 14.0. The standard InChI is InChI=1S/C26H24ClN3O3S2/c1-3-30-24-17(2)14-21(27)15-23(24)34-26(30)28-25(31)19-8-10-22(11-9-19)35(32,33)29-13-12-18-6-4-5-7-20(18)16-29/h4-11,14-15H,3,12-13,16H2,1-2H3. The number of fused-ring (bicyclic) bond motifs is 2. The predicted molar refractivity (Wildman–Crippen MR) is 139 cm³/mol. The first kappa shape index (κ1) is 23.9. The van der Waals surface area contributed by atoms with E-state index >= 15 is 0 Å². The van der Waals surface area contributed by atoms with E-state index in [0.29, 0.717) is 41.4 Å². The zero-order chi connectivity index (χ0) is 24.7. The van der Waals surface area contributed by atoms with Crippen LogP contribution in [0.1, 0.15) is 34.0 Å². The van der Waals surface area contributed by atoms with E-state index < -0.39 is 15.9 Å². The maximum absolute atomic E-state index is 13.2. The molecule has 180 valence electrons. The van der Waals surface area contributed by atoms with Crippen LogP contribution < -0.4 is 4.80 Å². The highest BCUT2D eigenvalue weighted by Crippen LogP contribution is 2.27. The Balaban J connectivity index is 1.43. The van der Waals surface area contributed by atoms with E-state index in [9.17, 15) is 13.2 Å². The molecule has 0 radical (unpaired) electrons. The lowest BCUT2D eigenvalue weighted by molar-refractivity contribution is 0.0997. The molecule has 0 spiro atoms. The summed E-state index contributed by atoms with van der Waals surface area (Å²) in [5.41, 5.74) is 4.58. The van der Waals surface area contributed by atoms with Crippen LogP contribution in [0.5, 0.6) is 0 Å². The van der Waals surface area contributed by atoms with Crippen LogP contribution >= 0.6 is 22.9 Å². The summed E-state index contributed by atoms with van der Waals surface area (Å²) in [5.74, 6) is -0.418. The molecule has 0 unspecified atom stereocenters. The number of thiazole rings is 1. The van der Waals surface area contributed by atoms with Gasteiger partial charge in [0.1, 0.15) is 0 Å². The van der Waals surface area contributed by atoms with Gasteiger partial charge in [0.05, 0.1) is 15.1 Å². The normalized spacial score (nSPS) is 14.9. The Labute approximate surface area is 213 Å². The average molecular weight is 526 g/mol. The average Bonchev–Trinajstić information content (AvgIpc) is 3.20. The van der Waals surface area contributed by atoms with Crippen LogP contribution in [-0.4, -0.2) is 29.7 Å². The lowest BCUT2D eigenvalue weighted by Crippen LogP contribution is -2.35. The van der Waals surface area contributed by atoms with Gasteiger partial charge >= 0.3 is 0 Å². The van der Waals surface area contributed by atoms with Gasteiger partial charge in [0, 0.05) is 30.2 Å². The van der Waals surface area contributed by atoms with Crippen molar-refractivity contribution in [1.29, 1.82) is 0 Å². The Morgan fingerprint density at radius 2 is 1.80 bits per heavy atom. The highest BCUT2D eigenvalue weighted by molar-refractivity contribution is 7.89. The molecule has 0 saturated carbocycles. The number of amides is 1. The lowest BCUT2D eigenvalue weighted by Gasteiger charge is -2.28. The minimum Gasteiger partial charge on any atom is -0.316 e. The van der Waals surface area contributed by atoms with Crippen molar-refractivity contribution >= 4 is 49.1 Å². The van der Waals surface area contributed by atoms with E-state index in [1.807, 2.05) is 54.8 Å².